The Labute approximate surface area is 103 Å². The lowest BCUT2D eigenvalue weighted by Crippen LogP contribution is -2.17. The molecule has 0 fully saturated rings. The van der Waals surface area contributed by atoms with Gasteiger partial charge in [-0.2, -0.15) is 0 Å². The van der Waals surface area contributed by atoms with Crippen LogP contribution in [0.25, 0.3) is 0 Å². The lowest BCUT2D eigenvalue weighted by atomic mass is 9.59. The second-order valence-corrected chi connectivity index (χ2v) is 4.71. The Bertz CT molecular complexity index is 191. The van der Waals surface area contributed by atoms with Crippen LogP contribution in [-0.2, 0) is 4.65 Å². The van der Waals surface area contributed by atoms with E-state index in [9.17, 15) is 0 Å². The van der Waals surface area contributed by atoms with Crippen LogP contribution in [0.2, 0.25) is 12.6 Å². The Morgan fingerprint density at radius 2 is 1.44 bits per heavy atom. The van der Waals surface area contributed by atoms with Crippen molar-refractivity contribution in [3.05, 3.63) is 11.3 Å². The molecule has 0 atom stereocenters. The predicted molar refractivity (Wildman–Crippen MR) is 74.9 cm³/mol. The molecule has 0 saturated heterocycles. The second kappa shape index (κ2) is 9.80. The summed E-state index contributed by atoms with van der Waals surface area (Å²) in [4.78, 5) is 0. The van der Waals surface area contributed by atoms with E-state index < -0.39 is 0 Å². The molecule has 94 valence electrons. The smallest absolute Gasteiger partial charge is 0.357 e. The third-order valence-electron chi connectivity index (χ3n) is 3.23. The SMILES string of the molecule is CCCCB(CCCC)O/C(C)=C(/C)CC. The number of rotatable bonds is 9. The fourth-order valence-electron chi connectivity index (χ4n) is 1.73. The maximum absolute atomic E-state index is 6.09. The molecule has 0 aliphatic heterocycles. The fraction of sp³-hybridized carbons (Fsp3) is 0.857. The van der Waals surface area contributed by atoms with Crippen molar-refractivity contribution in [1.82, 2.24) is 0 Å². The summed E-state index contributed by atoms with van der Waals surface area (Å²) in [5, 5.41) is 0. The summed E-state index contributed by atoms with van der Waals surface area (Å²) < 4.78 is 6.09. The lowest BCUT2D eigenvalue weighted by molar-refractivity contribution is 0.418. The highest BCUT2D eigenvalue weighted by molar-refractivity contribution is 6.52. The van der Waals surface area contributed by atoms with E-state index in [4.69, 9.17) is 4.65 Å². The molecule has 0 aliphatic carbocycles. The van der Waals surface area contributed by atoms with Gasteiger partial charge in [0.1, 0.15) is 0 Å². The van der Waals surface area contributed by atoms with Gasteiger partial charge in [-0.15, -0.1) is 0 Å². The van der Waals surface area contributed by atoms with Crippen molar-refractivity contribution in [2.24, 2.45) is 0 Å². The van der Waals surface area contributed by atoms with Crippen LogP contribution in [0, 0.1) is 0 Å². The van der Waals surface area contributed by atoms with Crippen LogP contribution in [0.5, 0.6) is 0 Å². The summed E-state index contributed by atoms with van der Waals surface area (Å²) >= 11 is 0. The normalized spacial score (nSPS) is 12.3. The first-order chi connectivity index (χ1) is 7.65. The van der Waals surface area contributed by atoms with Gasteiger partial charge in [0.2, 0.25) is 0 Å². The van der Waals surface area contributed by atoms with Crippen molar-refractivity contribution in [2.75, 3.05) is 0 Å². The van der Waals surface area contributed by atoms with Crippen LogP contribution in [0.1, 0.15) is 66.7 Å². The molecule has 0 amide bonds. The minimum Gasteiger partial charge on any atom is -0.564 e. The van der Waals surface area contributed by atoms with Crippen molar-refractivity contribution in [1.29, 1.82) is 0 Å². The molecule has 0 aromatic heterocycles. The van der Waals surface area contributed by atoms with Gasteiger partial charge in [0.15, 0.2) is 0 Å². The molecule has 0 unspecified atom stereocenters. The first kappa shape index (κ1) is 15.6. The van der Waals surface area contributed by atoms with Crippen LogP contribution >= 0.6 is 0 Å². The summed E-state index contributed by atoms with van der Waals surface area (Å²) in [6.07, 6.45) is 8.62. The summed E-state index contributed by atoms with van der Waals surface area (Å²) in [5.74, 6) is 1.15. The van der Waals surface area contributed by atoms with Crippen LogP contribution in [0.15, 0.2) is 11.3 Å². The Balaban J connectivity index is 4.17. The van der Waals surface area contributed by atoms with Crippen molar-refractivity contribution >= 4 is 6.92 Å². The number of hydrogen-bond acceptors (Lipinski definition) is 1. The van der Waals surface area contributed by atoms with Gasteiger partial charge in [-0.05, 0) is 38.5 Å². The van der Waals surface area contributed by atoms with Crippen molar-refractivity contribution in [3.63, 3.8) is 0 Å². The zero-order valence-electron chi connectivity index (χ0n) is 11.9. The van der Waals surface area contributed by atoms with Crippen molar-refractivity contribution < 1.29 is 4.65 Å². The average molecular weight is 224 g/mol. The minimum absolute atomic E-state index is 0.446. The van der Waals surface area contributed by atoms with Gasteiger partial charge >= 0.3 is 6.92 Å². The van der Waals surface area contributed by atoms with Crippen molar-refractivity contribution in [3.8, 4) is 0 Å². The van der Waals surface area contributed by atoms with Crippen molar-refractivity contribution in [2.45, 2.75) is 79.4 Å². The molecular weight excluding hydrogens is 195 g/mol. The third-order valence-corrected chi connectivity index (χ3v) is 3.23. The molecule has 0 aliphatic rings. The molecule has 2 heteroatoms. The molecule has 1 nitrogen and oxygen atoms in total. The molecule has 0 aromatic carbocycles. The largest absolute Gasteiger partial charge is 0.564 e. The van der Waals surface area contributed by atoms with Crippen LogP contribution in [-0.4, -0.2) is 6.92 Å². The van der Waals surface area contributed by atoms with E-state index in [1.54, 1.807) is 0 Å². The van der Waals surface area contributed by atoms with Gasteiger partial charge in [-0.1, -0.05) is 46.5 Å². The lowest BCUT2D eigenvalue weighted by Gasteiger charge is -2.17. The van der Waals surface area contributed by atoms with Gasteiger partial charge in [0, 0.05) is 0 Å². The zero-order chi connectivity index (χ0) is 12.4. The average Bonchev–Trinajstić information content (AvgIpc) is 2.31. The first-order valence-corrected chi connectivity index (χ1v) is 6.98. The molecule has 0 spiro atoms. The molecule has 0 aromatic rings. The van der Waals surface area contributed by atoms with E-state index in [1.807, 2.05) is 0 Å². The molecule has 0 heterocycles. The van der Waals surface area contributed by atoms with Crippen LogP contribution in [0.4, 0.5) is 0 Å². The Morgan fingerprint density at radius 1 is 0.938 bits per heavy atom. The minimum atomic E-state index is 0.446. The van der Waals surface area contributed by atoms with E-state index in [2.05, 4.69) is 34.6 Å². The van der Waals surface area contributed by atoms with Gasteiger partial charge in [0.25, 0.3) is 0 Å². The Morgan fingerprint density at radius 3 is 1.81 bits per heavy atom. The monoisotopic (exact) mass is 224 g/mol. The van der Waals surface area contributed by atoms with E-state index in [0.29, 0.717) is 6.92 Å². The molecular formula is C14H29BO. The predicted octanol–water partition coefficient (Wildman–Crippen LogP) is 5.30. The molecule has 0 N–H and O–H groups in total. The molecule has 0 saturated carbocycles. The van der Waals surface area contributed by atoms with Gasteiger partial charge in [-0.3, -0.25) is 0 Å². The zero-order valence-corrected chi connectivity index (χ0v) is 11.9. The maximum atomic E-state index is 6.09. The molecule has 0 bridgehead atoms. The Hall–Kier alpha value is -0.395. The number of unbranched alkanes of at least 4 members (excludes halogenated alkanes) is 2. The van der Waals surface area contributed by atoms with E-state index >= 15 is 0 Å². The quantitative estimate of drug-likeness (QED) is 0.381. The first-order valence-electron chi connectivity index (χ1n) is 6.98. The van der Waals surface area contributed by atoms with Crippen LogP contribution < -0.4 is 0 Å². The summed E-state index contributed by atoms with van der Waals surface area (Å²) in [5.41, 5.74) is 1.39. The fourth-order valence-corrected chi connectivity index (χ4v) is 1.73. The summed E-state index contributed by atoms with van der Waals surface area (Å²) in [7, 11) is 0. The number of allylic oxidation sites excluding steroid dienone is 2. The standard InChI is InChI=1S/C14H29BO/c1-6-9-11-15(12-10-7-2)16-14(5)13(4)8-3/h6-12H2,1-5H3/b14-13-. The third kappa shape index (κ3) is 6.97. The van der Waals surface area contributed by atoms with Crippen LogP contribution in [0.3, 0.4) is 0 Å². The van der Waals surface area contributed by atoms with Gasteiger partial charge < -0.3 is 4.65 Å². The molecule has 16 heavy (non-hydrogen) atoms. The van der Waals surface area contributed by atoms with Gasteiger partial charge in [0.05, 0.1) is 5.76 Å². The molecule has 0 radical (unpaired) electrons. The van der Waals surface area contributed by atoms with E-state index in [-0.39, 0.29) is 0 Å². The molecule has 0 rings (SSSR count). The summed E-state index contributed by atoms with van der Waals surface area (Å²) in [6, 6.07) is 0. The maximum Gasteiger partial charge on any atom is 0.357 e. The van der Waals surface area contributed by atoms with Gasteiger partial charge in [-0.25, -0.2) is 0 Å². The highest BCUT2D eigenvalue weighted by Gasteiger charge is 2.16. The second-order valence-electron chi connectivity index (χ2n) is 4.71. The highest BCUT2D eigenvalue weighted by Crippen LogP contribution is 2.17. The van der Waals surface area contributed by atoms with E-state index in [0.717, 1.165) is 12.2 Å². The number of hydrogen-bond donors (Lipinski definition) is 0. The Kier molecular flexibility index (Phi) is 9.56. The topological polar surface area (TPSA) is 9.23 Å². The van der Waals surface area contributed by atoms with E-state index in [1.165, 1.54) is 43.9 Å². The summed E-state index contributed by atoms with van der Waals surface area (Å²) in [6.45, 7) is 11.4. The highest BCUT2D eigenvalue weighted by atomic mass is 16.4.